The van der Waals surface area contributed by atoms with Gasteiger partial charge in [0.25, 0.3) is 5.91 Å². The number of carbonyl (C=O) groups excluding carboxylic acids is 1. The maximum absolute atomic E-state index is 12.5. The highest BCUT2D eigenvalue weighted by Gasteiger charge is 2.20. The zero-order valence-corrected chi connectivity index (χ0v) is 13.1. The Kier molecular flexibility index (Phi) is 3.98. The van der Waals surface area contributed by atoms with Crippen LogP contribution in [0.25, 0.3) is 5.69 Å². The van der Waals surface area contributed by atoms with E-state index in [0.717, 1.165) is 0 Å². The quantitative estimate of drug-likeness (QED) is 0.772. The van der Waals surface area contributed by atoms with Crippen LogP contribution in [0.3, 0.4) is 0 Å². The molecule has 0 amide bonds. The molecule has 0 aliphatic carbocycles. The predicted molar refractivity (Wildman–Crippen MR) is 87.9 cm³/mol. The Hall–Kier alpha value is -2.50. The Balaban J connectivity index is 2.10. The van der Waals surface area contributed by atoms with Crippen molar-refractivity contribution in [1.82, 2.24) is 9.13 Å². The summed E-state index contributed by atoms with van der Waals surface area (Å²) < 4.78 is 1.86. The van der Waals surface area contributed by atoms with Gasteiger partial charge in [-0.2, -0.15) is 4.57 Å². The molecule has 0 aliphatic rings. The smallest absolute Gasteiger partial charge is 0.342 e. The van der Waals surface area contributed by atoms with E-state index in [1.807, 2.05) is 0 Å². The van der Waals surface area contributed by atoms with Crippen molar-refractivity contribution < 1.29 is 9.90 Å². The third kappa shape index (κ3) is 2.76. The van der Waals surface area contributed by atoms with Crippen LogP contribution in [0.15, 0.2) is 59.5 Å². The van der Waals surface area contributed by atoms with Crippen LogP contribution in [0.4, 0.5) is 0 Å². The molecule has 0 spiro atoms. The molecule has 23 heavy (non-hydrogen) atoms. The highest BCUT2D eigenvalue weighted by atomic mass is 35.5. The van der Waals surface area contributed by atoms with Crippen LogP contribution in [-0.4, -0.2) is 20.1 Å². The normalized spacial score (nSPS) is 10.7. The van der Waals surface area contributed by atoms with E-state index in [1.165, 1.54) is 29.0 Å². The molecular formula is C16H10Cl2N2O3. The monoisotopic (exact) mass is 348 g/mol. The number of carbonyl (C=O) groups is 1. The number of hydrogen-bond acceptors (Lipinski definition) is 3. The molecule has 0 aliphatic heterocycles. The number of imidazole rings is 1. The van der Waals surface area contributed by atoms with E-state index in [0.29, 0.717) is 15.3 Å². The molecule has 0 radical (unpaired) electrons. The van der Waals surface area contributed by atoms with Crippen LogP contribution in [0.2, 0.25) is 10.0 Å². The molecule has 0 bridgehead atoms. The molecule has 3 rings (SSSR count). The lowest BCUT2D eigenvalue weighted by atomic mass is 10.2. The van der Waals surface area contributed by atoms with Crippen LogP contribution < -0.4 is 5.69 Å². The third-order valence-electron chi connectivity index (χ3n) is 3.28. The summed E-state index contributed by atoms with van der Waals surface area (Å²) in [5, 5.41) is 10.5. The number of hydrogen-bond donors (Lipinski definition) is 1. The summed E-state index contributed by atoms with van der Waals surface area (Å²) in [6.07, 6.45) is 1.19. The highest BCUT2D eigenvalue weighted by Crippen LogP contribution is 2.23. The molecule has 1 aromatic heterocycles. The largest absolute Gasteiger partial charge is 0.493 e. The first-order valence-electron chi connectivity index (χ1n) is 6.57. The van der Waals surface area contributed by atoms with Gasteiger partial charge in [0, 0.05) is 5.56 Å². The average molecular weight is 349 g/mol. The maximum Gasteiger partial charge on any atom is 0.342 e. The van der Waals surface area contributed by atoms with Gasteiger partial charge in [0.15, 0.2) is 0 Å². The van der Waals surface area contributed by atoms with Gasteiger partial charge < -0.3 is 5.11 Å². The van der Waals surface area contributed by atoms with Crippen molar-refractivity contribution in [1.29, 1.82) is 0 Å². The number of halogens is 2. The van der Waals surface area contributed by atoms with Gasteiger partial charge in [0.1, 0.15) is 0 Å². The number of rotatable bonds is 2. The van der Waals surface area contributed by atoms with Crippen LogP contribution in [0, 0.1) is 0 Å². The first-order chi connectivity index (χ1) is 11.0. The number of para-hydroxylation sites is 1. The van der Waals surface area contributed by atoms with E-state index in [1.54, 1.807) is 30.3 Å². The summed E-state index contributed by atoms with van der Waals surface area (Å²) >= 11 is 11.7. The highest BCUT2D eigenvalue weighted by molar-refractivity contribution is 6.42. The van der Waals surface area contributed by atoms with E-state index in [4.69, 9.17) is 23.2 Å². The topological polar surface area (TPSA) is 64.2 Å². The molecule has 1 N–H and O–H groups in total. The summed E-state index contributed by atoms with van der Waals surface area (Å²) in [6.45, 7) is 0. The molecule has 116 valence electrons. The lowest BCUT2D eigenvalue weighted by Crippen LogP contribution is -2.28. The zero-order valence-electron chi connectivity index (χ0n) is 11.6. The van der Waals surface area contributed by atoms with Crippen LogP contribution in [-0.2, 0) is 0 Å². The van der Waals surface area contributed by atoms with Crippen molar-refractivity contribution in [2.24, 2.45) is 0 Å². The molecule has 0 unspecified atom stereocenters. The van der Waals surface area contributed by atoms with Crippen LogP contribution in [0.5, 0.6) is 5.88 Å². The molecular weight excluding hydrogens is 339 g/mol. The van der Waals surface area contributed by atoms with E-state index in [-0.39, 0.29) is 10.6 Å². The fourth-order valence-electron chi connectivity index (χ4n) is 2.16. The van der Waals surface area contributed by atoms with Gasteiger partial charge in [-0.05, 0) is 30.3 Å². The Bertz CT molecular complexity index is 946. The Morgan fingerprint density at radius 1 is 1.00 bits per heavy atom. The van der Waals surface area contributed by atoms with Gasteiger partial charge in [-0.3, -0.25) is 9.36 Å². The fourth-order valence-corrected chi connectivity index (χ4v) is 2.45. The van der Waals surface area contributed by atoms with Crippen LogP contribution in [0.1, 0.15) is 10.4 Å². The van der Waals surface area contributed by atoms with Gasteiger partial charge in [0.05, 0.1) is 21.9 Å². The van der Waals surface area contributed by atoms with Gasteiger partial charge in [-0.15, -0.1) is 0 Å². The van der Waals surface area contributed by atoms with Crippen molar-refractivity contribution in [3.63, 3.8) is 0 Å². The van der Waals surface area contributed by atoms with E-state index in [2.05, 4.69) is 0 Å². The standard InChI is InChI=1S/C16H10Cl2N2O3/c17-12-7-6-10(8-13(12)18)15(22)20-14(21)9-19(16(20)23)11-4-2-1-3-5-11/h1-9,21H. The minimum absolute atomic E-state index is 0.141. The number of benzene rings is 2. The molecule has 5 nitrogen and oxygen atoms in total. The molecule has 0 atom stereocenters. The van der Waals surface area contributed by atoms with Gasteiger partial charge >= 0.3 is 5.69 Å². The second kappa shape index (κ2) is 5.95. The lowest BCUT2D eigenvalue weighted by molar-refractivity contribution is 0.0947. The second-order valence-electron chi connectivity index (χ2n) is 4.74. The molecule has 2 aromatic carbocycles. The van der Waals surface area contributed by atoms with Crippen molar-refractivity contribution in [2.75, 3.05) is 0 Å². The average Bonchev–Trinajstić information content (AvgIpc) is 2.85. The SMILES string of the molecule is O=C(c1ccc(Cl)c(Cl)c1)n1c(O)cn(-c2ccccc2)c1=O. The first kappa shape index (κ1) is 15.4. The van der Waals surface area contributed by atoms with Crippen molar-refractivity contribution in [3.05, 3.63) is 80.8 Å². The summed E-state index contributed by atoms with van der Waals surface area (Å²) in [7, 11) is 0. The lowest BCUT2D eigenvalue weighted by Gasteiger charge is -2.04. The summed E-state index contributed by atoms with van der Waals surface area (Å²) in [4.78, 5) is 24.9. The Morgan fingerprint density at radius 2 is 1.70 bits per heavy atom. The molecule has 7 heteroatoms. The maximum atomic E-state index is 12.5. The first-order valence-corrected chi connectivity index (χ1v) is 7.33. The molecule has 1 heterocycles. The Morgan fingerprint density at radius 3 is 2.35 bits per heavy atom. The second-order valence-corrected chi connectivity index (χ2v) is 5.56. The Labute approximate surface area is 140 Å². The van der Waals surface area contributed by atoms with Crippen molar-refractivity contribution in [2.45, 2.75) is 0 Å². The number of nitrogens with zero attached hydrogens (tertiary/aromatic N) is 2. The molecule has 3 aromatic rings. The summed E-state index contributed by atoms with van der Waals surface area (Å²) in [6, 6.07) is 12.9. The minimum atomic E-state index is -0.694. The van der Waals surface area contributed by atoms with Gasteiger partial charge in [-0.1, -0.05) is 41.4 Å². The predicted octanol–water partition coefficient (Wildman–Crippen LogP) is 3.34. The zero-order chi connectivity index (χ0) is 16.6. The van der Waals surface area contributed by atoms with Crippen molar-refractivity contribution in [3.8, 4) is 11.6 Å². The van der Waals surface area contributed by atoms with E-state index >= 15 is 0 Å². The summed E-state index contributed by atoms with van der Waals surface area (Å²) in [5.41, 5.74) is 0.000808. The van der Waals surface area contributed by atoms with E-state index < -0.39 is 17.5 Å². The molecule has 0 saturated heterocycles. The number of aromatic hydroxyl groups is 1. The minimum Gasteiger partial charge on any atom is -0.493 e. The molecule has 0 fully saturated rings. The summed E-state index contributed by atoms with van der Waals surface area (Å²) in [5.74, 6) is -1.16. The van der Waals surface area contributed by atoms with Gasteiger partial charge in [-0.25, -0.2) is 4.79 Å². The van der Waals surface area contributed by atoms with Gasteiger partial charge in [0.2, 0.25) is 5.88 Å². The van der Waals surface area contributed by atoms with Crippen LogP contribution >= 0.6 is 23.2 Å². The van der Waals surface area contributed by atoms with E-state index in [9.17, 15) is 14.7 Å². The third-order valence-corrected chi connectivity index (χ3v) is 4.01. The fraction of sp³-hybridized carbons (Fsp3) is 0. The number of aromatic nitrogens is 2. The molecule has 0 saturated carbocycles. The van der Waals surface area contributed by atoms with Crippen molar-refractivity contribution >= 4 is 29.1 Å².